The van der Waals surface area contributed by atoms with Gasteiger partial charge in [-0.2, -0.15) is 10.2 Å². The van der Waals surface area contributed by atoms with E-state index in [1.54, 1.807) is 4.68 Å². The fraction of sp³-hybridized carbons (Fsp3) is 0.333. The number of carbonyl (C=O) groups excluding carboxylic acids is 1. The van der Waals surface area contributed by atoms with Gasteiger partial charge in [-0.3, -0.25) is 14.6 Å². The molecule has 0 unspecified atom stereocenters. The van der Waals surface area contributed by atoms with Crippen LogP contribution in [0.2, 0.25) is 5.02 Å². The highest BCUT2D eigenvalue weighted by Crippen LogP contribution is 2.17. The zero-order valence-corrected chi connectivity index (χ0v) is 9.40. The van der Waals surface area contributed by atoms with Gasteiger partial charge in [0.05, 0.1) is 11.2 Å². The van der Waals surface area contributed by atoms with Crippen molar-refractivity contribution in [1.29, 1.82) is 0 Å². The molecule has 0 saturated heterocycles. The molecule has 7 heteroatoms. The average molecular weight is 240 g/mol. The van der Waals surface area contributed by atoms with Crippen molar-refractivity contribution in [3.8, 4) is 0 Å². The van der Waals surface area contributed by atoms with Gasteiger partial charge in [0.25, 0.3) is 0 Å². The Bertz CT molecular complexity index is 490. The van der Waals surface area contributed by atoms with Gasteiger partial charge in [-0.25, -0.2) is 4.98 Å². The molecule has 0 aromatic carbocycles. The van der Waals surface area contributed by atoms with Gasteiger partial charge >= 0.3 is 0 Å². The van der Waals surface area contributed by atoms with Crippen LogP contribution >= 0.6 is 11.6 Å². The predicted octanol–water partition coefficient (Wildman–Crippen LogP) is 1.30. The van der Waals surface area contributed by atoms with Crippen molar-refractivity contribution in [2.24, 2.45) is 0 Å². The van der Waals surface area contributed by atoms with Crippen LogP contribution in [0.5, 0.6) is 0 Å². The first-order chi connectivity index (χ1) is 7.74. The lowest BCUT2D eigenvalue weighted by Crippen LogP contribution is -2.13. The van der Waals surface area contributed by atoms with Crippen molar-refractivity contribution < 1.29 is 4.79 Å². The van der Waals surface area contributed by atoms with Crippen LogP contribution in [-0.2, 0) is 6.54 Å². The molecular weight excluding hydrogens is 230 g/mol. The molecule has 2 heterocycles. The summed E-state index contributed by atoms with van der Waals surface area (Å²) in [6, 6.07) is 0. The lowest BCUT2D eigenvalue weighted by Gasteiger charge is -2.03. The van der Waals surface area contributed by atoms with Crippen molar-refractivity contribution >= 4 is 17.4 Å². The van der Waals surface area contributed by atoms with Gasteiger partial charge < -0.3 is 0 Å². The van der Waals surface area contributed by atoms with Crippen LogP contribution in [0.25, 0.3) is 0 Å². The zero-order chi connectivity index (χ0) is 11.5. The second kappa shape index (κ2) is 4.44. The second-order valence-electron chi connectivity index (χ2n) is 3.23. The molecule has 0 spiro atoms. The van der Waals surface area contributed by atoms with Gasteiger partial charge in [-0.05, 0) is 6.42 Å². The number of aromatic nitrogens is 5. The Kier molecular flexibility index (Phi) is 3.00. The van der Waals surface area contributed by atoms with E-state index >= 15 is 0 Å². The van der Waals surface area contributed by atoms with E-state index in [2.05, 4.69) is 20.3 Å². The third-order valence-electron chi connectivity index (χ3n) is 2.08. The van der Waals surface area contributed by atoms with Crippen molar-refractivity contribution in [3.63, 3.8) is 0 Å². The van der Waals surface area contributed by atoms with Crippen LogP contribution in [0.3, 0.4) is 0 Å². The van der Waals surface area contributed by atoms with Crippen LogP contribution < -0.4 is 0 Å². The molecule has 0 radical (unpaired) electrons. The van der Waals surface area contributed by atoms with Gasteiger partial charge in [0.2, 0.25) is 5.78 Å². The van der Waals surface area contributed by atoms with Crippen LogP contribution in [0.15, 0.2) is 12.5 Å². The number of halogens is 1. The topological polar surface area (TPSA) is 76.5 Å². The lowest BCUT2D eigenvalue weighted by atomic mass is 10.2. The number of rotatable bonds is 4. The molecule has 6 nitrogen and oxygen atoms in total. The highest BCUT2D eigenvalue weighted by molar-refractivity contribution is 6.34. The van der Waals surface area contributed by atoms with Crippen LogP contribution in [0.4, 0.5) is 0 Å². The molecule has 0 atom stereocenters. The number of hydrogen-bond acceptors (Lipinski definition) is 4. The summed E-state index contributed by atoms with van der Waals surface area (Å²) in [5, 5.41) is 10.5. The molecule has 0 aliphatic heterocycles. The van der Waals surface area contributed by atoms with Crippen molar-refractivity contribution in [2.75, 3.05) is 0 Å². The van der Waals surface area contributed by atoms with Gasteiger partial charge in [0.15, 0.2) is 5.82 Å². The maximum absolute atomic E-state index is 12.0. The van der Waals surface area contributed by atoms with E-state index in [0.29, 0.717) is 17.3 Å². The standard InChI is InChI=1S/C9H10ClN5O/c1-2-3-15-7(6(10)4-13-15)8(16)9-11-5-12-14-9/h4-5H,2-3H2,1H3,(H,11,12,14). The molecule has 84 valence electrons. The Balaban J connectivity index is 2.39. The van der Waals surface area contributed by atoms with Gasteiger partial charge in [-0.1, -0.05) is 18.5 Å². The summed E-state index contributed by atoms with van der Waals surface area (Å²) in [7, 11) is 0. The maximum Gasteiger partial charge on any atom is 0.249 e. The summed E-state index contributed by atoms with van der Waals surface area (Å²) in [4.78, 5) is 15.8. The van der Waals surface area contributed by atoms with Crippen molar-refractivity contribution in [2.45, 2.75) is 19.9 Å². The number of hydrogen-bond donors (Lipinski definition) is 1. The minimum atomic E-state index is -0.298. The highest BCUT2D eigenvalue weighted by Gasteiger charge is 2.20. The molecule has 2 aromatic heterocycles. The number of aryl methyl sites for hydroxylation is 1. The largest absolute Gasteiger partial charge is 0.283 e. The van der Waals surface area contributed by atoms with E-state index in [9.17, 15) is 4.79 Å². The van der Waals surface area contributed by atoms with E-state index < -0.39 is 0 Å². The summed E-state index contributed by atoms with van der Waals surface area (Å²) < 4.78 is 1.58. The maximum atomic E-state index is 12.0. The third kappa shape index (κ3) is 1.83. The highest BCUT2D eigenvalue weighted by atomic mass is 35.5. The predicted molar refractivity (Wildman–Crippen MR) is 57.3 cm³/mol. The first-order valence-corrected chi connectivity index (χ1v) is 5.23. The lowest BCUT2D eigenvalue weighted by molar-refractivity contribution is 0.102. The number of carbonyl (C=O) groups is 1. The molecule has 2 rings (SSSR count). The molecule has 0 saturated carbocycles. The fourth-order valence-corrected chi connectivity index (χ4v) is 1.62. The number of ketones is 1. The molecule has 1 N–H and O–H groups in total. The fourth-order valence-electron chi connectivity index (χ4n) is 1.40. The number of aromatic amines is 1. The summed E-state index contributed by atoms with van der Waals surface area (Å²) in [5.74, 6) is -0.131. The van der Waals surface area contributed by atoms with E-state index in [1.165, 1.54) is 12.5 Å². The first-order valence-electron chi connectivity index (χ1n) is 4.85. The Hall–Kier alpha value is -1.69. The molecule has 0 aliphatic carbocycles. The van der Waals surface area contributed by atoms with E-state index in [0.717, 1.165) is 6.42 Å². The van der Waals surface area contributed by atoms with Crippen molar-refractivity contribution in [3.05, 3.63) is 29.1 Å². The molecule has 0 aliphatic rings. The molecule has 0 fully saturated rings. The number of nitrogens with zero attached hydrogens (tertiary/aromatic N) is 4. The Morgan fingerprint density at radius 1 is 1.62 bits per heavy atom. The number of H-pyrrole nitrogens is 1. The molecular formula is C9H10ClN5O. The monoisotopic (exact) mass is 239 g/mol. The Morgan fingerprint density at radius 3 is 3.06 bits per heavy atom. The smallest absolute Gasteiger partial charge is 0.249 e. The second-order valence-corrected chi connectivity index (χ2v) is 3.63. The summed E-state index contributed by atoms with van der Waals surface area (Å²) in [6.45, 7) is 2.64. The van der Waals surface area contributed by atoms with Gasteiger partial charge in [-0.15, -0.1) is 0 Å². The molecule has 2 aromatic rings. The normalized spacial score (nSPS) is 10.6. The average Bonchev–Trinajstić information content (AvgIpc) is 2.88. The molecule has 0 amide bonds. The van der Waals surface area contributed by atoms with Crippen LogP contribution in [0, 0.1) is 0 Å². The van der Waals surface area contributed by atoms with E-state index in [-0.39, 0.29) is 11.6 Å². The van der Waals surface area contributed by atoms with E-state index in [4.69, 9.17) is 11.6 Å². The zero-order valence-electron chi connectivity index (χ0n) is 8.64. The van der Waals surface area contributed by atoms with E-state index in [1.807, 2.05) is 6.92 Å². The Morgan fingerprint density at radius 2 is 2.44 bits per heavy atom. The Labute approximate surface area is 96.6 Å². The minimum Gasteiger partial charge on any atom is -0.283 e. The van der Waals surface area contributed by atoms with Gasteiger partial charge in [0.1, 0.15) is 12.0 Å². The quantitative estimate of drug-likeness (QED) is 0.816. The van der Waals surface area contributed by atoms with Crippen molar-refractivity contribution in [1.82, 2.24) is 25.0 Å². The first kappa shape index (κ1) is 10.8. The minimum absolute atomic E-state index is 0.166. The SMILES string of the molecule is CCCn1ncc(Cl)c1C(=O)c1ncn[nH]1. The number of nitrogens with one attached hydrogen (secondary N) is 1. The van der Waals surface area contributed by atoms with Gasteiger partial charge in [0, 0.05) is 6.54 Å². The third-order valence-corrected chi connectivity index (χ3v) is 2.35. The molecule has 16 heavy (non-hydrogen) atoms. The summed E-state index contributed by atoms with van der Waals surface area (Å²) in [5.41, 5.74) is 0.347. The van der Waals surface area contributed by atoms with Crippen LogP contribution in [-0.4, -0.2) is 30.7 Å². The van der Waals surface area contributed by atoms with Crippen LogP contribution in [0.1, 0.15) is 29.7 Å². The molecule has 0 bridgehead atoms. The summed E-state index contributed by atoms with van der Waals surface area (Å²) in [6.07, 6.45) is 3.61. The summed E-state index contributed by atoms with van der Waals surface area (Å²) >= 11 is 5.93.